The molecule has 1 aromatic carbocycles. The van der Waals surface area contributed by atoms with E-state index >= 15 is 0 Å². The second kappa shape index (κ2) is 9.69. The number of aromatic nitrogens is 1. The van der Waals surface area contributed by atoms with Gasteiger partial charge in [-0.25, -0.2) is 0 Å². The summed E-state index contributed by atoms with van der Waals surface area (Å²) in [6.07, 6.45) is 2.99. The molecule has 3 heterocycles. The van der Waals surface area contributed by atoms with Crippen LogP contribution in [0.5, 0.6) is 0 Å². The number of nitrogens with zero attached hydrogens (tertiary/aromatic N) is 4. The van der Waals surface area contributed by atoms with Gasteiger partial charge in [-0.2, -0.15) is 0 Å². The molecule has 2 aromatic rings. The van der Waals surface area contributed by atoms with E-state index in [4.69, 9.17) is 0 Å². The van der Waals surface area contributed by atoms with Crippen LogP contribution in [0.25, 0.3) is 0 Å². The maximum atomic E-state index is 13.6. The Morgan fingerprint density at radius 1 is 1.03 bits per heavy atom. The number of fused-ring (bicyclic) bond motifs is 1. The highest BCUT2D eigenvalue weighted by molar-refractivity contribution is 6.01. The molecule has 1 saturated heterocycles. The SMILES string of the molecule is Cc1c(C2C(C(=O)NCCCN3CCN(C)CC3)c3ccccc3C(=O)N2C)cn(C)c1C. The van der Waals surface area contributed by atoms with Gasteiger partial charge in [-0.05, 0) is 56.6 Å². The average molecular weight is 452 g/mol. The number of piperazine rings is 1. The summed E-state index contributed by atoms with van der Waals surface area (Å²) in [6.45, 7) is 10.2. The Morgan fingerprint density at radius 3 is 2.39 bits per heavy atom. The Morgan fingerprint density at radius 2 is 1.73 bits per heavy atom. The fraction of sp³-hybridized carbons (Fsp3) is 0.538. The van der Waals surface area contributed by atoms with Gasteiger partial charge in [-0.1, -0.05) is 18.2 Å². The first-order valence-electron chi connectivity index (χ1n) is 12.0. The Kier molecular flexibility index (Phi) is 6.91. The quantitative estimate of drug-likeness (QED) is 0.685. The van der Waals surface area contributed by atoms with Crippen LogP contribution in [0.2, 0.25) is 0 Å². The van der Waals surface area contributed by atoms with Crippen molar-refractivity contribution in [3.8, 4) is 0 Å². The summed E-state index contributed by atoms with van der Waals surface area (Å²) >= 11 is 0. The maximum Gasteiger partial charge on any atom is 0.254 e. The van der Waals surface area contributed by atoms with Crippen LogP contribution in [0.3, 0.4) is 0 Å². The Bertz CT molecular complexity index is 1020. The highest BCUT2D eigenvalue weighted by Crippen LogP contribution is 2.43. The first kappa shape index (κ1) is 23.5. The highest BCUT2D eigenvalue weighted by atomic mass is 16.2. The fourth-order valence-electron chi connectivity index (χ4n) is 5.22. The van der Waals surface area contributed by atoms with Crippen LogP contribution in [0.15, 0.2) is 30.5 Å². The van der Waals surface area contributed by atoms with Gasteiger partial charge >= 0.3 is 0 Å². The second-order valence-electron chi connectivity index (χ2n) is 9.62. The van der Waals surface area contributed by atoms with Gasteiger partial charge in [0.1, 0.15) is 0 Å². The Balaban J connectivity index is 1.54. The lowest BCUT2D eigenvalue weighted by molar-refractivity contribution is -0.124. The fourth-order valence-corrected chi connectivity index (χ4v) is 5.22. The molecule has 0 radical (unpaired) electrons. The van der Waals surface area contributed by atoms with Gasteiger partial charge in [0.25, 0.3) is 5.91 Å². The van der Waals surface area contributed by atoms with Crippen molar-refractivity contribution in [1.29, 1.82) is 0 Å². The lowest BCUT2D eigenvalue weighted by Crippen LogP contribution is -2.47. The van der Waals surface area contributed by atoms with Gasteiger partial charge < -0.3 is 24.6 Å². The first-order valence-corrected chi connectivity index (χ1v) is 12.0. The van der Waals surface area contributed by atoms with Crippen LogP contribution in [0.1, 0.15) is 51.1 Å². The standard InChI is InChI=1S/C26H37N5O2/c1-18-19(2)29(4)17-22(18)24-23(20-9-6-7-10-21(20)26(33)30(24)5)25(32)27-11-8-12-31-15-13-28(3)14-16-31/h6-7,9-10,17,23-24H,8,11-16H2,1-5H3,(H,27,32). The zero-order chi connectivity index (χ0) is 23.7. The van der Waals surface area contributed by atoms with Gasteiger partial charge in [0.05, 0.1) is 12.0 Å². The molecule has 2 aliphatic rings. The van der Waals surface area contributed by atoms with Gasteiger partial charge in [-0.15, -0.1) is 0 Å². The largest absolute Gasteiger partial charge is 0.355 e. The van der Waals surface area contributed by atoms with E-state index in [1.165, 1.54) is 0 Å². The molecular formula is C26H37N5O2. The van der Waals surface area contributed by atoms with E-state index in [-0.39, 0.29) is 17.9 Å². The zero-order valence-electron chi connectivity index (χ0n) is 20.6. The highest BCUT2D eigenvalue weighted by Gasteiger charge is 2.43. The predicted octanol–water partition coefficient (Wildman–Crippen LogP) is 2.31. The number of benzene rings is 1. The van der Waals surface area contributed by atoms with Crippen molar-refractivity contribution in [2.24, 2.45) is 7.05 Å². The molecule has 0 aliphatic carbocycles. The molecule has 4 rings (SSSR count). The normalized spacial score (nSPS) is 21.8. The van der Waals surface area contributed by atoms with E-state index < -0.39 is 5.92 Å². The molecule has 2 atom stereocenters. The van der Waals surface area contributed by atoms with Crippen LogP contribution < -0.4 is 5.32 Å². The number of carbonyl (C=O) groups excluding carboxylic acids is 2. The number of aryl methyl sites for hydroxylation is 1. The third-order valence-electron chi connectivity index (χ3n) is 7.56. The number of carbonyl (C=O) groups is 2. The summed E-state index contributed by atoms with van der Waals surface area (Å²) in [5.74, 6) is -0.477. The number of hydrogen-bond acceptors (Lipinski definition) is 4. The van der Waals surface area contributed by atoms with E-state index in [1.54, 1.807) is 4.90 Å². The lowest BCUT2D eigenvalue weighted by Gasteiger charge is -2.39. The van der Waals surface area contributed by atoms with Crippen molar-refractivity contribution in [2.45, 2.75) is 32.2 Å². The van der Waals surface area contributed by atoms with Crippen LogP contribution in [-0.4, -0.2) is 84.4 Å². The molecule has 2 amide bonds. The van der Waals surface area contributed by atoms with E-state index in [9.17, 15) is 9.59 Å². The molecule has 0 saturated carbocycles. The summed E-state index contributed by atoms with van der Waals surface area (Å²) < 4.78 is 2.08. The maximum absolute atomic E-state index is 13.6. The summed E-state index contributed by atoms with van der Waals surface area (Å²) in [4.78, 5) is 33.4. The van der Waals surface area contributed by atoms with Crippen LogP contribution >= 0.6 is 0 Å². The molecular weight excluding hydrogens is 414 g/mol. The minimum atomic E-state index is -0.437. The molecule has 0 spiro atoms. The van der Waals surface area contributed by atoms with E-state index in [0.29, 0.717) is 12.1 Å². The summed E-state index contributed by atoms with van der Waals surface area (Å²) in [7, 11) is 5.99. The number of amides is 2. The van der Waals surface area contributed by atoms with Crippen LogP contribution in [0.4, 0.5) is 0 Å². The van der Waals surface area contributed by atoms with E-state index in [0.717, 1.165) is 61.5 Å². The molecule has 0 bridgehead atoms. The van der Waals surface area contributed by atoms with Crippen LogP contribution in [-0.2, 0) is 11.8 Å². The van der Waals surface area contributed by atoms with E-state index in [2.05, 4.69) is 46.8 Å². The molecule has 33 heavy (non-hydrogen) atoms. The Labute approximate surface area is 197 Å². The topological polar surface area (TPSA) is 60.8 Å². The van der Waals surface area contributed by atoms with Gasteiger partial charge in [0.2, 0.25) is 5.91 Å². The zero-order valence-corrected chi connectivity index (χ0v) is 20.6. The van der Waals surface area contributed by atoms with E-state index in [1.807, 2.05) is 38.4 Å². The number of hydrogen-bond donors (Lipinski definition) is 1. The molecule has 2 unspecified atom stereocenters. The second-order valence-corrected chi connectivity index (χ2v) is 9.62. The molecule has 1 fully saturated rings. The molecule has 1 N–H and O–H groups in total. The first-order chi connectivity index (χ1) is 15.8. The van der Waals surface area contributed by atoms with Gasteiger partial charge in [0, 0.05) is 64.3 Å². The number of nitrogens with one attached hydrogen (secondary N) is 1. The average Bonchev–Trinajstić information content (AvgIpc) is 3.07. The van der Waals surface area contributed by atoms with Gasteiger partial charge in [0.15, 0.2) is 0 Å². The molecule has 2 aliphatic heterocycles. The Hall–Kier alpha value is -2.64. The van der Waals surface area contributed by atoms with Crippen molar-refractivity contribution in [1.82, 2.24) is 24.6 Å². The third kappa shape index (κ3) is 4.57. The van der Waals surface area contributed by atoms with Gasteiger partial charge in [-0.3, -0.25) is 9.59 Å². The van der Waals surface area contributed by atoms with Crippen molar-refractivity contribution in [2.75, 3.05) is 53.4 Å². The monoisotopic (exact) mass is 451 g/mol. The van der Waals surface area contributed by atoms with Crippen molar-refractivity contribution in [3.05, 3.63) is 58.4 Å². The molecule has 1 aromatic heterocycles. The molecule has 7 nitrogen and oxygen atoms in total. The smallest absolute Gasteiger partial charge is 0.254 e. The minimum absolute atomic E-state index is 0.00826. The summed E-state index contributed by atoms with van der Waals surface area (Å²) in [5.41, 5.74) is 4.77. The summed E-state index contributed by atoms with van der Waals surface area (Å²) in [6, 6.07) is 7.23. The van der Waals surface area contributed by atoms with Crippen molar-refractivity contribution >= 4 is 11.8 Å². The van der Waals surface area contributed by atoms with Crippen molar-refractivity contribution in [3.63, 3.8) is 0 Å². The predicted molar refractivity (Wildman–Crippen MR) is 130 cm³/mol. The number of likely N-dealkylation sites (N-methyl/N-ethyl adjacent to an activating group) is 2. The van der Waals surface area contributed by atoms with Crippen LogP contribution in [0, 0.1) is 13.8 Å². The molecule has 178 valence electrons. The summed E-state index contributed by atoms with van der Waals surface area (Å²) in [5, 5.41) is 3.20. The third-order valence-corrected chi connectivity index (χ3v) is 7.56. The lowest BCUT2D eigenvalue weighted by atomic mass is 9.79. The van der Waals surface area contributed by atoms with Crippen molar-refractivity contribution < 1.29 is 9.59 Å². The molecule has 7 heteroatoms. The minimum Gasteiger partial charge on any atom is -0.355 e. The number of rotatable bonds is 6.